The Morgan fingerprint density at radius 1 is 1.22 bits per heavy atom. The van der Waals surface area contributed by atoms with Gasteiger partial charge in [0.1, 0.15) is 5.00 Å². The van der Waals surface area contributed by atoms with Crippen LogP contribution in [-0.4, -0.2) is 39.0 Å². The fourth-order valence-corrected chi connectivity index (χ4v) is 6.06. The number of halogens is 1. The second-order valence-corrected chi connectivity index (χ2v) is 10.1. The number of nitrogens with zero attached hydrogens (tertiary/aromatic N) is 3. The summed E-state index contributed by atoms with van der Waals surface area (Å²) in [6, 6.07) is 7.89. The lowest BCUT2D eigenvalue weighted by molar-refractivity contribution is -0.113. The normalized spacial score (nSPS) is 12.6. The molecule has 0 spiro atoms. The summed E-state index contributed by atoms with van der Waals surface area (Å²) in [5.41, 5.74) is 2.52. The molecule has 0 atom stereocenters. The molecule has 0 fully saturated rings. The predicted molar refractivity (Wildman–Crippen MR) is 130 cm³/mol. The molecule has 2 aromatic heterocycles. The Morgan fingerprint density at radius 3 is 2.72 bits per heavy atom. The van der Waals surface area contributed by atoms with Crippen LogP contribution >= 0.6 is 39.0 Å². The van der Waals surface area contributed by atoms with Gasteiger partial charge in [0.2, 0.25) is 5.91 Å². The van der Waals surface area contributed by atoms with E-state index in [1.807, 2.05) is 35.8 Å². The molecule has 1 aliphatic rings. The van der Waals surface area contributed by atoms with E-state index in [0.29, 0.717) is 28.9 Å². The second kappa shape index (κ2) is 10.2. The van der Waals surface area contributed by atoms with Crippen molar-refractivity contribution in [3.8, 4) is 11.4 Å². The summed E-state index contributed by atoms with van der Waals surface area (Å²) in [7, 11) is 0. The van der Waals surface area contributed by atoms with Crippen LogP contribution in [0.2, 0.25) is 0 Å². The van der Waals surface area contributed by atoms with E-state index in [1.54, 1.807) is 6.92 Å². The van der Waals surface area contributed by atoms with Crippen molar-refractivity contribution >= 4 is 55.9 Å². The van der Waals surface area contributed by atoms with Crippen molar-refractivity contribution in [3.05, 3.63) is 44.7 Å². The van der Waals surface area contributed by atoms with E-state index in [4.69, 9.17) is 4.74 Å². The third kappa shape index (κ3) is 4.77. The van der Waals surface area contributed by atoms with Crippen LogP contribution in [0.25, 0.3) is 11.4 Å². The summed E-state index contributed by atoms with van der Waals surface area (Å²) >= 11 is 6.26. The minimum Gasteiger partial charge on any atom is -0.462 e. The molecular formula is C22H23BrN4O3S2. The quantitative estimate of drug-likeness (QED) is 0.316. The van der Waals surface area contributed by atoms with Crippen molar-refractivity contribution in [2.75, 3.05) is 17.7 Å². The Balaban J connectivity index is 1.46. The Bertz CT molecular complexity index is 1140. The van der Waals surface area contributed by atoms with E-state index in [0.717, 1.165) is 40.7 Å². The maximum atomic E-state index is 12.7. The highest BCUT2D eigenvalue weighted by atomic mass is 79.9. The van der Waals surface area contributed by atoms with Crippen molar-refractivity contribution in [1.82, 2.24) is 14.8 Å². The highest BCUT2D eigenvalue weighted by molar-refractivity contribution is 9.10. The highest BCUT2D eigenvalue weighted by Crippen LogP contribution is 2.39. The molecule has 4 rings (SSSR count). The topological polar surface area (TPSA) is 86.1 Å². The first-order chi connectivity index (χ1) is 15.5. The Kier molecular flexibility index (Phi) is 7.32. The number of carbonyl (C=O) groups excluding carboxylic acids is 2. The number of amides is 1. The standard InChI is InChI=1S/C22H23BrN4O3S2/c1-3-27-19(13-8-10-14(23)11-9-13)25-26-22(27)31-12-17(28)24-20-18(21(29)30-4-2)15-6-5-7-16(15)32-20/h8-11H,3-7,12H2,1-2H3,(H,24,28). The lowest BCUT2D eigenvalue weighted by Crippen LogP contribution is -2.17. The largest absolute Gasteiger partial charge is 0.462 e. The third-order valence-corrected chi connectivity index (χ3v) is 7.82. The fourth-order valence-electron chi connectivity index (χ4n) is 3.70. The summed E-state index contributed by atoms with van der Waals surface area (Å²) in [4.78, 5) is 26.4. The van der Waals surface area contributed by atoms with Crippen molar-refractivity contribution < 1.29 is 14.3 Å². The molecule has 10 heteroatoms. The van der Waals surface area contributed by atoms with Crippen LogP contribution in [0, 0.1) is 0 Å². The number of carbonyl (C=O) groups is 2. The monoisotopic (exact) mass is 534 g/mol. The molecule has 0 unspecified atom stereocenters. The van der Waals surface area contributed by atoms with E-state index in [1.165, 1.54) is 28.0 Å². The first-order valence-corrected chi connectivity index (χ1v) is 13.0. The average molecular weight is 535 g/mol. The number of aromatic nitrogens is 3. The fraction of sp³-hybridized carbons (Fsp3) is 0.364. The molecule has 0 bridgehead atoms. The number of hydrogen-bond acceptors (Lipinski definition) is 7. The van der Waals surface area contributed by atoms with Crippen molar-refractivity contribution in [2.45, 2.75) is 44.8 Å². The van der Waals surface area contributed by atoms with E-state index in [2.05, 4.69) is 31.4 Å². The van der Waals surface area contributed by atoms with Gasteiger partial charge in [-0.3, -0.25) is 4.79 Å². The maximum absolute atomic E-state index is 12.7. The number of thioether (sulfide) groups is 1. The van der Waals surface area contributed by atoms with Gasteiger partial charge in [0.25, 0.3) is 0 Å². The number of thiophene rings is 1. The molecule has 1 aliphatic carbocycles. The summed E-state index contributed by atoms with van der Waals surface area (Å²) in [5, 5.41) is 12.8. The number of aryl methyl sites for hydroxylation is 1. The molecule has 1 aromatic carbocycles. The van der Waals surface area contributed by atoms with Gasteiger partial charge in [-0.25, -0.2) is 4.79 Å². The summed E-state index contributed by atoms with van der Waals surface area (Å²) < 4.78 is 8.22. The molecule has 3 aromatic rings. The van der Waals surface area contributed by atoms with Gasteiger partial charge in [-0.1, -0.05) is 39.8 Å². The molecule has 0 radical (unpaired) electrons. The molecule has 0 saturated heterocycles. The lowest BCUT2D eigenvalue weighted by Gasteiger charge is -2.09. The van der Waals surface area contributed by atoms with Gasteiger partial charge in [0.15, 0.2) is 11.0 Å². The van der Waals surface area contributed by atoms with Gasteiger partial charge in [-0.15, -0.1) is 21.5 Å². The van der Waals surface area contributed by atoms with Crippen LogP contribution in [-0.2, 0) is 28.9 Å². The van der Waals surface area contributed by atoms with Gasteiger partial charge < -0.3 is 14.6 Å². The molecule has 2 heterocycles. The third-order valence-electron chi connectivity index (χ3n) is 5.12. The smallest absolute Gasteiger partial charge is 0.341 e. The van der Waals surface area contributed by atoms with E-state index < -0.39 is 0 Å². The first-order valence-electron chi connectivity index (χ1n) is 10.4. The number of hydrogen-bond donors (Lipinski definition) is 1. The highest BCUT2D eigenvalue weighted by Gasteiger charge is 2.28. The zero-order valence-corrected chi connectivity index (χ0v) is 21.0. The van der Waals surface area contributed by atoms with E-state index in [-0.39, 0.29) is 17.6 Å². The number of rotatable bonds is 8. The number of fused-ring (bicyclic) bond motifs is 1. The molecule has 32 heavy (non-hydrogen) atoms. The van der Waals surface area contributed by atoms with Gasteiger partial charge >= 0.3 is 5.97 Å². The maximum Gasteiger partial charge on any atom is 0.341 e. The van der Waals surface area contributed by atoms with Crippen LogP contribution < -0.4 is 5.32 Å². The van der Waals surface area contributed by atoms with Gasteiger partial charge in [0, 0.05) is 21.5 Å². The number of benzene rings is 1. The van der Waals surface area contributed by atoms with Crippen LogP contribution in [0.1, 0.15) is 41.1 Å². The zero-order valence-electron chi connectivity index (χ0n) is 17.8. The van der Waals surface area contributed by atoms with Crippen LogP contribution in [0.5, 0.6) is 0 Å². The van der Waals surface area contributed by atoms with Gasteiger partial charge in [0.05, 0.1) is 17.9 Å². The Morgan fingerprint density at radius 2 is 2.00 bits per heavy atom. The molecule has 7 nitrogen and oxygen atoms in total. The van der Waals surface area contributed by atoms with Gasteiger partial charge in [-0.05, 0) is 50.8 Å². The Hall–Kier alpha value is -2.17. The number of ether oxygens (including phenoxy) is 1. The summed E-state index contributed by atoms with van der Waals surface area (Å²) in [5.74, 6) is 0.391. The van der Waals surface area contributed by atoms with Crippen LogP contribution in [0.3, 0.4) is 0 Å². The van der Waals surface area contributed by atoms with Crippen molar-refractivity contribution in [1.29, 1.82) is 0 Å². The summed E-state index contributed by atoms with van der Waals surface area (Å²) in [6.45, 7) is 4.80. The average Bonchev–Trinajstić information content (AvgIpc) is 3.47. The molecule has 1 amide bonds. The SMILES string of the molecule is CCOC(=O)c1c(NC(=O)CSc2nnc(-c3ccc(Br)cc3)n2CC)sc2c1CCC2. The number of esters is 1. The van der Waals surface area contributed by atoms with Crippen LogP contribution in [0.4, 0.5) is 5.00 Å². The molecule has 168 valence electrons. The molecule has 0 aliphatic heterocycles. The van der Waals surface area contributed by atoms with Crippen molar-refractivity contribution in [3.63, 3.8) is 0 Å². The minimum absolute atomic E-state index is 0.170. The lowest BCUT2D eigenvalue weighted by atomic mass is 10.1. The first kappa shape index (κ1) is 23.0. The molecule has 0 saturated carbocycles. The number of nitrogens with one attached hydrogen (secondary N) is 1. The second-order valence-electron chi connectivity index (χ2n) is 7.18. The van der Waals surface area contributed by atoms with E-state index >= 15 is 0 Å². The summed E-state index contributed by atoms with van der Waals surface area (Å²) in [6.07, 6.45) is 2.82. The van der Waals surface area contributed by atoms with E-state index in [9.17, 15) is 9.59 Å². The zero-order chi connectivity index (χ0) is 22.7. The molecule has 1 N–H and O–H groups in total. The minimum atomic E-state index is -0.361. The van der Waals surface area contributed by atoms with Crippen molar-refractivity contribution in [2.24, 2.45) is 0 Å². The molecular weight excluding hydrogens is 512 g/mol. The Labute approximate surface area is 203 Å². The number of anilines is 1. The van der Waals surface area contributed by atoms with Gasteiger partial charge in [-0.2, -0.15) is 0 Å². The van der Waals surface area contributed by atoms with Crippen LogP contribution in [0.15, 0.2) is 33.9 Å². The predicted octanol–water partition coefficient (Wildman–Crippen LogP) is 5.19.